The predicted molar refractivity (Wildman–Crippen MR) is 144 cm³/mol. The van der Waals surface area contributed by atoms with Gasteiger partial charge in [0.15, 0.2) is 0 Å². The van der Waals surface area contributed by atoms with Crippen LogP contribution in [0.15, 0.2) is 54.9 Å². The number of hydrogen-bond acceptors (Lipinski definition) is 8. The summed E-state index contributed by atoms with van der Waals surface area (Å²) in [5.41, 5.74) is 1.92. The third-order valence-electron chi connectivity index (χ3n) is 6.61. The van der Waals surface area contributed by atoms with Gasteiger partial charge in [-0.05, 0) is 35.4 Å². The summed E-state index contributed by atoms with van der Waals surface area (Å²) in [5, 5.41) is 6.75. The van der Waals surface area contributed by atoms with E-state index in [0.717, 1.165) is 10.2 Å². The Morgan fingerprint density at radius 3 is 2.76 bits per heavy atom. The van der Waals surface area contributed by atoms with Crippen LogP contribution in [0.25, 0.3) is 0 Å². The molecule has 0 aliphatic carbocycles. The summed E-state index contributed by atoms with van der Waals surface area (Å²) in [6.45, 7) is 2.06. The number of rotatable bonds is 7. The van der Waals surface area contributed by atoms with Crippen molar-refractivity contribution in [3.05, 3.63) is 71.8 Å². The van der Waals surface area contributed by atoms with Crippen LogP contribution < -0.4 is 19.7 Å². The molecule has 2 aliphatic rings. The zero-order valence-corrected chi connectivity index (χ0v) is 22.5. The highest BCUT2D eigenvalue weighted by Gasteiger charge is 2.31. The third kappa shape index (κ3) is 6.92. The Morgan fingerprint density at radius 1 is 1.12 bits per heavy atom. The van der Waals surface area contributed by atoms with E-state index < -0.39 is 18.2 Å². The van der Waals surface area contributed by atoms with Crippen LogP contribution in [-0.4, -0.2) is 91.9 Å². The molecule has 2 aromatic carbocycles. The van der Waals surface area contributed by atoms with Crippen molar-refractivity contribution in [3.8, 4) is 11.5 Å². The number of anilines is 1. The molecule has 3 heterocycles. The van der Waals surface area contributed by atoms with Crippen LogP contribution in [0.2, 0.25) is 0 Å². The molecular weight excluding hydrogens is 537 g/mol. The second kappa shape index (κ2) is 12.7. The molecule has 12 nitrogen and oxygen atoms in total. The first-order valence-electron chi connectivity index (χ1n) is 13.1. The maximum absolute atomic E-state index is 13.5. The molecule has 2 aliphatic heterocycles. The van der Waals surface area contributed by atoms with Gasteiger partial charge in [-0.15, -0.1) is 0 Å². The lowest BCUT2D eigenvalue weighted by molar-refractivity contribution is -0.120. The molecule has 1 fully saturated rings. The van der Waals surface area contributed by atoms with E-state index in [9.17, 15) is 18.8 Å². The minimum atomic E-state index is -0.972. The summed E-state index contributed by atoms with van der Waals surface area (Å²) in [6, 6.07) is 9.61. The van der Waals surface area contributed by atoms with Crippen LogP contribution in [0, 0.1) is 5.82 Å². The van der Waals surface area contributed by atoms with Crippen molar-refractivity contribution in [3.63, 3.8) is 0 Å². The van der Waals surface area contributed by atoms with Crippen molar-refractivity contribution in [2.75, 3.05) is 58.1 Å². The molecule has 0 unspecified atom stereocenters. The van der Waals surface area contributed by atoms with Crippen molar-refractivity contribution in [1.29, 1.82) is 0 Å². The van der Waals surface area contributed by atoms with Crippen LogP contribution in [0.4, 0.5) is 19.7 Å². The second-order valence-corrected chi connectivity index (χ2v) is 9.50. The van der Waals surface area contributed by atoms with Gasteiger partial charge in [-0.2, -0.15) is 9.78 Å². The summed E-state index contributed by atoms with van der Waals surface area (Å²) in [6.07, 6.45) is 3.03. The maximum atomic E-state index is 13.5. The van der Waals surface area contributed by atoms with Crippen LogP contribution >= 0.6 is 0 Å². The lowest BCUT2D eigenvalue weighted by Gasteiger charge is -2.25. The summed E-state index contributed by atoms with van der Waals surface area (Å²) in [7, 11) is 1.58. The first-order valence-corrected chi connectivity index (χ1v) is 13.1. The van der Waals surface area contributed by atoms with E-state index in [0.29, 0.717) is 55.5 Å². The van der Waals surface area contributed by atoms with Gasteiger partial charge < -0.3 is 34.1 Å². The normalized spacial score (nSPS) is 16.8. The van der Waals surface area contributed by atoms with Crippen molar-refractivity contribution in [1.82, 2.24) is 20.0 Å². The number of likely N-dealkylation sites (N-methyl/N-ethyl adjacent to an activating group) is 1. The Balaban J connectivity index is 1.14. The number of aromatic nitrogens is 2. The van der Waals surface area contributed by atoms with Gasteiger partial charge in [0.1, 0.15) is 43.2 Å². The molecule has 216 valence electrons. The molecule has 1 N–H and O–H groups in total. The molecular formula is C28H30FN5O7. The highest BCUT2D eigenvalue weighted by molar-refractivity contribution is 6.00. The number of nitrogens with zero attached hydrogens (tertiary/aromatic N) is 4. The zero-order chi connectivity index (χ0) is 28.8. The van der Waals surface area contributed by atoms with E-state index >= 15 is 0 Å². The fourth-order valence-electron chi connectivity index (χ4n) is 4.46. The van der Waals surface area contributed by atoms with Crippen molar-refractivity contribution >= 4 is 23.7 Å². The molecule has 0 radical (unpaired) electrons. The molecule has 5 rings (SSSR count). The van der Waals surface area contributed by atoms with Crippen LogP contribution in [-0.2, 0) is 20.7 Å². The zero-order valence-electron chi connectivity index (χ0n) is 22.5. The molecule has 1 atom stereocenters. The fraction of sp³-hybridized carbons (Fsp3) is 0.357. The van der Waals surface area contributed by atoms with Gasteiger partial charge in [0.2, 0.25) is 0 Å². The Kier molecular flexibility index (Phi) is 8.63. The van der Waals surface area contributed by atoms with Gasteiger partial charge in [-0.3, -0.25) is 4.79 Å². The highest BCUT2D eigenvalue weighted by Crippen LogP contribution is 2.34. The Hall–Kier alpha value is -4.65. The molecule has 3 aromatic rings. The number of halogens is 1. The maximum Gasteiger partial charge on any atom is 0.410 e. The van der Waals surface area contributed by atoms with Crippen molar-refractivity contribution < 1.29 is 37.7 Å². The summed E-state index contributed by atoms with van der Waals surface area (Å²) in [4.78, 5) is 41.1. The first kappa shape index (κ1) is 27.9. The number of ether oxygens (including phenoxy) is 4. The molecule has 0 saturated carbocycles. The topological polar surface area (TPSA) is 124 Å². The average Bonchev–Trinajstić information content (AvgIpc) is 3.41. The number of amides is 3. The van der Waals surface area contributed by atoms with Crippen LogP contribution in [0.1, 0.15) is 11.1 Å². The van der Waals surface area contributed by atoms with Crippen LogP contribution in [0.3, 0.4) is 0 Å². The van der Waals surface area contributed by atoms with E-state index in [1.54, 1.807) is 42.3 Å². The number of fused-ring (bicyclic) bond motifs is 1. The molecule has 3 amide bonds. The minimum Gasteiger partial charge on any atom is -0.490 e. The predicted octanol–water partition coefficient (Wildman–Crippen LogP) is 2.44. The van der Waals surface area contributed by atoms with E-state index in [2.05, 4.69) is 10.4 Å². The lowest BCUT2D eigenvalue weighted by Crippen LogP contribution is -2.50. The number of benzene rings is 2. The molecule has 13 heteroatoms. The van der Waals surface area contributed by atoms with Gasteiger partial charge in [-0.1, -0.05) is 12.1 Å². The van der Waals surface area contributed by atoms with E-state index in [1.807, 2.05) is 0 Å². The number of morpholine rings is 1. The van der Waals surface area contributed by atoms with Gasteiger partial charge in [0.25, 0.3) is 5.91 Å². The van der Waals surface area contributed by atoms with E-state index in [4.69, 9.17) is 18.9 Å². The smallest absolute Gasteiger partial charge is 0.410 e. The Morgan fingerprint density at radius 2 is 1.95 bits per heavy atom. The van der Waals surface area contributed by atoms with Gasteiger partial charge in [0, 0.05) is 38.8 Å². The van der Waals surface area contributed by atoms with E-state index in [-0.39, 0.29) is 31.5 Å². The number of carbonyl (C=O) groups excluding carboxylic acids is 3. The summed E-state index contributed by atoms with van der Waals surface area (Å²) in [5.74, 6) is 0.175. The first-order chi connectivity index (χ1) is 19.9. The van der Waals surface area contributed by atoms with Gasteiger partial charge in [-0.25, -0.2) is 14.0 Å². The Labute approximate surface area is 235 Å². The minimum absolute atomic E-state index is 0.0596. The summed E-state index contributed by atoms with van der Waals surface area (Å²) < 4.78 is 36.6. The fourth-order valence-corrected chi connectivity index (χ4v) is 4.46. The van der Waals surface area contributed by atoms with Crippen molar-refractivity contribution in [2.45, 2.75) is 12.5 Å². The Bertz CT molecular complexity index is 1410. The molecule has 0 spiro atoms. The highest BCUT2D eigenvalue weighted by atomic mass is 19.1. The average molecular weight is 568 g/mol. The third-order valence-corrected chi connectivity index (χ3v) is 6.61. The molecule has 1 saturated heterocycles. The molecule has 1 aromatic heterocycles. The van der Waals surface area contributed by atoms with E-state index in [1.165, 1.54) is 29.4 Å². The van der Waals surface area contributed by atoms with Crippen LogP contribution in [0.5, 0.6) is 11.5 Å². The quantitative estimate of drug-likeness (QED) is 0.432. The summed E-state index contributed by atoms with van der Waals surface area (Å²) >= 11 is 0. The standard InChI is InChI=1S/C28H30FN5O7/c1-32-24-15-22(39-11-12-40-28(37)33-7-9-38-10-8-33)5-6-25(24)41-18-23(26(32)35)31-27(36)34-17-20(16-30-34)13-19-3-2-4-21(29)14-19/h2-6,14-17,23H,7-13,18H2,1H3,(H,31,36)/t23-/m0/s1. The number of carbonyl (C=O) groups is 3. The lowest BCUT2D eigenvalue weighted by atomic mass is 10.1. The second-order valence-electron chi connectivity index (χ2n) is 9.50. The number of nitrogens with one attached hydrogen (secondary N) is 1. The molecule has 0 bridgehead atoms. The largest absolute Gasteiger partial charge is 0.490 e. The van der Waals surface area contributed by atoms with Crippen molar-refractivity contribution in [2.24, 2.45) is 0 Å². The van der Waals surface area contributed by atoms with Gasteiger partial charge in [0.05, 0.1) is 25.1 Å². The van der Waals surface area contributed by atoms with Gasteiger partial charge >= 0.3 is 12.1 Å². The SMILES string of the molecule is CN1C(=O)[C@@H](NC(=O)n2cc(Cc3cccc(F)c3)cn2)COc2ccc(OCCOC(=O)N3CCOCC3)cc21. The number of hydrogen-bond donors (Lipinski definition) is 1. The molecule has 41 heavy (non-hydrogen) atoms. The monoisotopic (exact) mass is 567 g/mol.